The first-order valence-corrected chi connectivity index (χ1v) is 10.7. The number of Topliss-reactive ketones (excluding diaryl/α,β-unsaturated/α-hetero) is 1. The van der Waals surface area contributed by atoms with E-state index in [4.69, 9.17) is 14.2 Å². The second kappa shape index (κ2) is 8.54. The van der Waals surface area contributed by atoms with Gasteiger partial charge in [-0.1, -0.05) is 0 Å². The molecule has 1 aromatic carbocycles. The highest BCUT2D eigenvalue weighted by Gasteiger charge is 2.41. The third kappa shape index (κ3) is 3.71. The van der Waals surface area contributed by atoms with Gasteiger partial charge >= 0.3 is 5.97 Å². The Morgan fingerprint density at radius 3 is 2.53 bits per heavy atom. The molecule has 1 fully saturated rings. The summed E-state index contributed by atoms with van der Waals surface area (Å²) in [6.07, 6.45) is 5.96. The van der Waals surface area contributed by atoms with Gasteiger partial charge in [-0.2, -0.15) is 0 Å². The van der Waals surface area contributed by atoms with Gasteiger partial charge in [0.1, 0.15) is 17.6 Å². The molecule has 4 rings (SSSR count). The number of carbonyl (C=O) groups is 2. The first kappa shape index (κ1) is 20.5. The molecule has 0 spiro atoms. The minimum atomic E-state index is -0.534. The van der Waals surface area contributed by atoms with E-state index in [0.717, 1.165) is 55.5 Å². The lowest BCUT2D eigenvalue weighted by Gasteiger charge is -2.35. The number of nitrogens with one attached hydrogen (secondary N) is 1. The van der Waals surface area contributed by atoms with Crippen LogP contribution in [0.15, 0.2) is 40.7 Å². The fraction of sp³-hybridized carbons (Fsp3) is 0.500. The molecule has 6 nitrogen and oxygen atoms in total. The van der Waals surface area contributed by atoms with Gasteiger partial charge in [-0.3, -0.25) is 4.79 Å². The van der Waals surface area contributed by atoms with Crippen LogP contribution in [-0.2, 0) is 14.3 Å². The summed E-state index contributed by atoms with van der Waals surface area (Å²) in [7, 11) is 3.19. The van der Waals surface area contributed by atoms with Gasteiger partial charge in [0.25, 0.3) is 0 Å². The fourth-order valence-electron chi connectivity index (χ4n) is 4.85. The number of rotatable bonds is 5. The van der Waals surface area contributed by atoms with Crippen LogP contribution in [0, 0.1) is 0 Å². The van der Waals surface area contributed by atoms with Crippen LogP contribution in [0.2, 0.25) is 0 Å². The van der Waals surface area contributed by atoms with Gasteiger partial charge in [-0.15, -0.1) is 0 Å². The van der Waals surface area contributed by atoms with E-state index in [2.05, 4.69) is 5.32 Å². The summed E-state index contributed by atoms with van der Waals surface area (Å²) in [4.78, 5) is 26.4. The van der Waals surface area contributed by atoms with Gasteiger partial charge in [0, 0.05) is 29.0 Å². The second-order valence-corrected chi connectivity index (χ2v) is 8.19. The van der Waals surface area contributed by atoms with E-state index in [9.17, 15) is 9.59 Å². The summed E-state index contributed by atoms with van der Waals surface area (Å²) in [5.41, 5.74) is 3.52. The van der Waals surface area contributed by atoms with E-state index < -0.39 is 5.92 Å². The number of hydrogen-bond donors (Lipinski definition) is 1. The summed E-state index contributed by atoms with van der Waals surface area (Å²) in [5, 5.41) is 3.34. The zero-order chi connectivity index (χ0) is 21.3. The van der Waals surface area contributed by atoms with E-state index in [-0.39, 0.29) is 17.9 Å². The van der Waals surface area contributed by atoms with Crippen molar-refractivity contribution >= 4 is 11.8 Å². The molecule has 1 aliphatic heterocycles. The largest absolute Gasteiger partial charge is 0.497 e. The lowest BCUT2D eigenvalue weighted by atomic mass is 9.75. The Kier molecular flexibility index (Phi) is 5.84. The van der Waals surface area contributed by atoms with Crippen LogP contribution in [-0.4, -0.2) is 32.1 Å². The number of benzene rings is 1. The number of dihydropyridines is 1. The maximum absolute atomic E-state index is 13.4. The van der Waals surface area contributed by atoms with E-state index in [1.807, 2.05) is 25.1 Å². The maximum atomic E-state index is 13.4. The number of ether oxygens (including phenoxy) is 3. The van der Waals surface area contributed by atoms with Crippen molar-refractivity contribution in [2.75, 3.05) is 14.2 Å². The Morgan fingerprint density at radius 1 is 1.07 bits per heavy atom. The number of ketones is 1. The number of allylic oxidation sites excluding steroid dienone is 3. The normalized spacial score (nSPS) is 22.0. The van der Waals surface area contributed by atoms with Gasteiger partial charge in [0.2, 0.25) is 0 Å². The standard InChI is InChI=1S/C24H29NO5/c1-14-21(24(27)30-15-7-4-5-8-15)22(23-18(25-14)9-6-10-19(23)26)17-13-16(28-2)11-12-20(17)29-3/h11-13,15,22,25H,4-10H2,1-3H3. The predicted molar refractivity (Wildman–Crippen MR) is 112 cm³/mol. The highest BCUT2D eigenvalue weighted by molar-refractivity contribution is 6.04. The van der Waals surface area contributed by atoms with Crippen LogP contribution in [0.25, 0.3) is 0 Å². The van der Waals surface area contributed by atoms with Crippen molar-refractivity contribution < 1.29 is 23.8 Å². The van der Waals surface area contributed by atoms with Crippen molar-refractivity contribution in [1.82, 2.24) is 5.32 Å². The van der Waals surface area contributed by atoms with Crippen molar-refractivity contribution in [3.8, 4) is 11.5 Å². The smallest absolute Gasteiger partial charge is 0.337 e. The van der Waals surface area contributed by atoms with Crippen molar-refractivity contribution in [1.29, 1.82) is 0 Å². The van der Waals surface area contributed by atoms with Crippen molar-refractivity contribution in [2.24, 2.45) is 0 Å². The molecular formula is C24H29NO5. The Morgan fingerprint density at radius 2 is 1.83 bits per heavy atom. The molecular weight excluding hydrogens is 382 g/mol. The number of methoxy groups -OCH3 is 2. The number of hydrogen-bond acceptors (Lipinski definition) is 6. The number of carbonyl (C=O) groups excluding carboxylic acids is 2. The molecule has 1 N–H and O–H groups in total. The van der Waals surface area contributed by atoms with Crippen LogP contribution < -0.4 is 14.8 Å². The van der Waals surface area contributed by atoms with Crippen LogP contribution in [0.5, 0.6) is 11.5 Å². The van der Waals surface area contributed by atoms with Gasteiger partial charge in [-0.05, 0) is 63.6 Å². The SMILES string of the molecule is COc1ccc(OC)c(C2C(C(=O)OC3CCCC3)=C(C)NC3=C2C(=O)CCC3)c1. The van der Waals surface area contributed by atoms with Crippen LogP contribution in [0.3, 0.4) is 0 Å². The molecule has 6 heteroatoms. The topological polar surface area (TPSA) is 73.9 Å². The minimum Gasteiger partial charge on any atom is -0.497 e. The Hall–Kier alpha value is -2.76. The van der Waals surface area contributed by atoms with E-state index >= 15 is 0 Å². The minimum absolute atomic E-state index is 0.0527. The highest BCUT2D eigenvalue weighted by atomic mass is 16.5. The van der Waals surface area contributed by atoms with Crippen molar-refractivity contribution in [3.05, 3.63) is 46.3 Å². The molecule has 2 aliphatic carbocycles. The average molecular weight is 411 g/mol. The molecule has 1 saturated carbocycles. The molecule has 1 atom stereocenters. The molecule has 3 aliphatic rings. The predicted octanol–water partition coefficient (Wildman–Crippen LogP) is 4.16. The summed E-state index contributed by atoms with van der Waals surface area (Å²) in [6.45, 7) is 1.88. The van der Waals surface area contributed by atoms with E-state index in [0.29, 0.717) is 29.1 Å². The molecule has 0 radical (unpaired) electrons. The van der Waals surface area contributed by atoms with E-state index in [1.54, 1.807) is 14.2 Å². The lowest BCUT2D eigenvalue weighted by molar-refractivity contribution is -0.144. The highest BCUT2D eigenvalue weighted by Crippen LogP contribution is 2.46. The van der Waals surface area contributed by atoms with Crippen LogP contribution in [0.1, 0.15) is 63.4 Å². The molecule has 1 heterocycles. The maximum Gasteiger partial charge on any atom is 0.337 e. The Bertz CT molecular complexity index is 924. The van der Waals surface area contributed by atoms with Crippen LogP contribution in [0.4, 0.5) is 0 Å². The van der Waals surface area contributed by atoms with E-state index in [1.165, 1.54) is 0 Å². The molecule has 0 aromatic heterocycles. The summed E-state index contributed by atoms with van der Waals surface area (Å²) in [6, 6.07) is 5.49. The quantitative estimate of drug-likeness (QED) is 0.734. The summed E-state index contributed by atoms with van der Waals surface area (Å²) in [5.74, 6) is 0.444. The zero-order valence-corrected chi connectivity index (χ0v) is 17.9. The third-order valence-electron chi connectivity index (χ3n) is 6.32. The Labute approximate surface area is 177 Å². The zero-order valence-electron chi connectivity index (χ0n) is 17.9. The fourth-order valence-corrected chi connectivity index (χ4v) is 4.85. The summed E-state index contributed by atoms with van der Waals surface area (Å²) >= 11 is 0. The third-order valence-corrected chi connectivity index (χ3v) is 6.32. The molecule has 1 unspecified atom stereocenters. The van der Waals surface area contributed by atoms with Gasteiger partial charge in [-0.25, -0.2) is 4.79 Å². The lowest BCUT2D eigenvalue weighted by Crippen LogP contribution is -2.35. The molecule has 160 valence electrons. The van der Waals surface area contributed by atoms with Crippen LogP contribution >= 0.6 is 0 Å². The summed E-state index contributed by atoms with van der Waals surface area (Å²) < 4.78 is 16.9. The number of esters is 1. The molecule has 0 bridgehead atoms. The average Bonchev–Trinajstić information content (AvgIpc) is 3.25. The monoisotopic (exact) mass is 411 g/mol. The molecule has 30 heavy (non-hydrogen) atoms. The molecule has 0 amide bonds. The first-order valence-electron chi connectivity index (χ1n) is 10.7. The first-order chi connectivity index (χ1) is 14.5. The Balaban J connectivity index is 1.84. The van der Waals surface area contributed by atoms with Gasteiger partial charge in [0.05, 0.1) is 25.7 Å². The van der Waals surface area contributed by atoms with Gasteiger partial charge < -0.3 is 19.5 Å². The molecule has 1 aromatic rings. The van der Waals surface area contributed by atoms with Gasteiger partial charge in [0.15, 0.2) is 5.78 Å². The second-order valence-electron chi connectivity index (χ2n) is 8.19. The van der Waals surface area contributed by atoms with Crippen molar-refractivity contribution in [3.63, 3.8) is 0 Å². The molecule has 0 saturated heterocycles. The van der Waals surface area contributed by atoms with Crippen molar-refractivity contribution in [2.45, 2.75) is 63.9 Å².